The molecule has 1 aromatic carbocycles. The minimum absolute atomic E-state index is 0. The summed E-state index contributed by atoms with van der Waals surface area (Å²) in [4.78, 5) is 18.6. The molecule has 4 rings (SSSR count). The molecule has 2 heterocycles. The van der Waals surface area contributed by atoms with Crippen LogP contribution in [0.5, 0.6) is 0 Å². The van der Waals surface area contributed by atoms with Gasteiger partial charge in [0.15, 0.2) is 0 Å². The Labute approximate surface area is 116 Å². The Bertz CT molecular complexity index is 662. The normalized spacial score (nSPS) is 19.1. The van der Waals surface area contributed by atoms with Gasteiger partial charge in [0.05, 0.1) is 16.6 Å². The van der Waals surface area contributed by atoms with Crippen molar-refractivity contribution in [2.24, 2.45) is 5.73 Å². The fraction of sp³-hybridized carbons (Fsp3) is 0.385. The van der Waals surface area contributed by atoms with Gasteiger partial charge in [-0.3, -0.25) is 9.69 Å². The van der Waals surface area contributed by atoms with Crippen LogP contribution in [0, 0.1) is 0 Å². The predicted molar refractivity (Wildman–Crippen MR) is 75.5 cm³/mol. The molecule has 0 unspecified atom stereocenters. The lowest BCUT2D eigenvalue weighted by Gasteiger charge is -2.17. The molecule has 100 valence electrons. The molecule has 1 fully saturated rings. The van der Waals surface area contributed by atoms with Crippen LogP contribution < -0.4 is 10.6 Å². The Kier molecular flexibility index (Phi) is 2.59. The number of hydrogen-bond donors (Lipinski definition) is 1. The Morgan fingerprint density at radius 1 is 1.26 bits per heavy atom. The zero-order valence-electron chi connectivity index (χ0n) is 10.4. The van der Waals surface area contributed by atoms with E-state index in [4.69, 9.17) is 5.73 Å². The maximum Gasteiger partial charge on any atom is 0.249 e. The smallest absolute Gasteiger partial charge is 0.249 e. The second kappa shape index (κ2) is 3.95. The van der Waals surface area contributed by atoms with Gasteiger partial charge in [0.2, 0.25) is 11.9 Å². The summed E-state index contributed by atoms with van der Waals surface area (Å²) in [6.07, 6.45) is 1.59. The minimum Gasteiger partial charge on any atom is -0.317 e. The van der Waals surface area contributed by atoms with Crippen molar-refractivity contribution in [3.8, 4) is 0 Å². The van der Waals surface area contributed by atoms with E-state index in [2.05, 4.69) is 9.55 Å². The number of halogens is 1. The van der Waals surface area contributed by atoms with Crippen LogP contribution >= 0.6 is 12.4 Å². The summed E-state index contributed by atoms with van der Waals surface area (Å²) in [5.74, 6) is 0.773. The molecular weight excluding hydrogens is 264 g/mol. The maximum absolute atomic E-state index is 12.3. The van der Waals surface area contributed by atoms with Crippen LogP contribution in [-0.2, 0) is 11.3 Å². The van der Waals surface area contributed by atoms with Gasteiger partial charge in [-0.2, -0.15) is 0 Å². The van der Waals surface area contributed by atoms with E-state index in [0.717, 1.165) is 36.4 Å². The van der Waals surface area contributed by atoms with Gasteiger partial charge < -0.3 is 10.3 Å². The molecule has 1 aliphatic heterocycles. The van der Waals surface area contributed by atoms with Crippen molar-refractivity contribution < 1.29 is 4.79 Å². The minimum atomic E-state index is -0.618. The third-order valence-corrected chi connectivity index (χ3v) is 3.88. The highest BCUT2D eigenvalue weighted by Crippen LogP contribution is 2.37. The SMILES string of the molecule is Cl.NC1(C(=O)N2CCn3c2nc2ccccc23)CC1. The van der Waals surface area contributed by atoms with Crippen LogP contribution in [0.1, 0.15) is 12.8 Å². The molecule has 19 heavy (non-hydrogen) atoms. The van der Waals surface area contributed by atoms with E-state index in [1.165, 1.54) is 0 Å². The van der Waals surface area contributed by atoms with Gasteiger partial charge in [0.25, 0.3) is 0 Å². The monoisotopic (exact) mass is 278 g/mol. The largest absolute Gasteiger partial charge is 0.317 e. The second-order valence-electron chi connectivity index (χ2n) is 5.17. The van der Waals surface area contributed by atoms with E-state index in [-0.39, 0.29) is 18.3 Å². The van der Waals surface area contributed by atoms with Crippen LogP contribution in [0.2, 0.25) is 0 Å². The number of hydrogen-bond acceptors (Lipinski definition) is 3. The number of rotatable bonds is 1. The van der Waals surface area contributed by atoms with Crippen LogP contribution in [0.3, 0.4) is 0 Å². The number of amides is 1. The fourth-order valence-corrected chi connectivity index (χ4v) is 2.60. The number of aromatic nitrogens is 2. The summed E-state index contributed by atoms with van der Waals surface area (Å²) in [5, 5.41) is 0. The van der Waals surface area contributed by atoms with E-state index in [0.29, 0.717) is 6.54 Å². The van der Waals surface area contributed by atoms with E-state index in [1.54, 1.807) is 4.90 Å². The van der Waals surface area contributed by atoms with Gasteiger partial charge in [-0.15, -0.1) is 12.4 Å². The molecule has 1 amide bonds. The van der Waals surface area contributed by atoms with Gasteiger partial charge in [0, 0.05) is 13.1 Å². The first-order valence-electron chi connectivity index (χ1n) is 6.25. The van der Waals surface area contributed by atoms with E-state index < -0.39 is 5.54 Å². The number of nitrogens with zero attached hydrogens (tertiary/aromatic N) is 3. The summed E-state index contributed by atoms with van der Waals surface area (Å²) in [6, 6.07) is 7.96. The highest BCUT2D eigenvalue weighted by Gasteiger charge is 2.50. The number of para-hydroxylation sites is 2. The Morgan fingerprint density at radius 2 is 2.00 bits per heavy atom. The van der Waals surface area contributed by atoms with Crippen molar-refractivity contribution in [1.29, 1.82) is 0 Å². The van der Waals surface area contributed by atoms with E-state index in [9.17, 15) is 4.79 Å². The standard InChI is InChI=1S/C13H14N4O.ClH/c14-13(5-6-13)11(18)17-8-7-16-10-4-2-1-3-9(10)15-12(16)17;/h1-4H,5-8,14H2;1H. The topological polar surface area (TPSA) is 64.2 Å². The average molecular weight is 279 g/mol. The molecule has 1 saturated carbocycles. The lowest BCUT2D eigenvalue weighted by molar-refractivity contribution is -0.120. The number of carbonyl (C=O) groups is 1. The highest BCUT2D eigenvalue weighted by molar-refractivity contribution is 6.02. The molecule has 6 heteroatoms. The molecule has 1 aliphatic carbocycles. The van der Waals surface area contributed by atoms with Crippen LogP contribution in [-0.4, -0.2) is 27.5 Å². The zero-order valence-corrected chi connectivity index (χ0v) is 11.2. The van der Waals surface area contributed by atoms with Gasteiger partial charge in [-0.25, -0.2) is 4.98 Å². The highest BCUT2D eigenvalue weighted by atomic mass is 35.5. The Hall–Kier alpha value is -1.59. The van der Waals surface area contributed by atoms with E-state index in [1.807, 2.05) is 24.3 Å². The average Bonchev–Trinajstić information content (AvgIpc) is 2.87. The molecule has 0 radical (unpaired) electrons. The summed E-state index contributed by atoms with van der Waals surface area (Å²) >= 11 is 0. The molecule has 0 saturated heterocycles. The van der Waals surface area contributed by atoms with E-state index >= 15 is 0 Å². The van der Waals surface area contributed by atoms with Crippen LogP contribution in [0.4, 0.5) is 5.95 Å². The van der Waals surface area contributed by atoms with Crippen molar-refractivity contribution in [1.82, 2.24) is 9.55 Å². The number of carbonyl (C=O) groups excluding carboxylic acids is 1. The number of anilines is 1. The molecule has 1 aromatic heterocycles. The second-order valence-corrected chi connectivity index (χ2v) is 5.17. The van der Waals surface area contributed by atoms with Gasteiger partial charge in [-0.1, -0.05) is 12.1 Å². The quantitative estimate of drug-likeness (QED) is 0.855. The predicted octanol–water partition coefficient (Wildman–Crippen LogP) is 1.30. The molecule has 0 spiro atoms. The van der Waals surface area contributed by atoms with Gasteiger partial charge >= 0.3 is 0 Å². The number of imidazole rings is 1. The molecular formula is C13H15ClN4O. The summed E-state index contributed by atoms with van der Waals surface area (Å²) in [7, 11) is 0. The van der Waals surface area contributed by atoms with Crippen molar-refractivity contribution in [2.75, 3.05) is 11.4 Å². The number of fused-ring (bicyclic) bond motifs is 3. The lowest BCUT2D eigenvalue weighted by Crippen LogP contribution is -2.45. The zero-order chi connectivity index (χ0) is 12.3. The number of benzene rings is 1. The van der Waals surface area contributed by atoms with Crippen LogP contribution in [0.25, 0.3) is 11.0 Å². The third kappa shape index (κ3) is 1.65. The van der Waals surface area contributed by atoms with Gasteiger partial charge in [0.1, 0.15) is 0 Å². The Balaban J connectivity index is 0.00000110. The molecule has 5 nitrogen and oxygen atoms in total. The van der Waals surface area contributed by atoms with Crippen molar-refractivity contribution in [2.45, 2.75) is 24.9 Å². The summed E-state index contributed by atoms with van der Waals surface area (Å²) in [6.45, 7) is 1.49. The van der Waals surface area contributed by atoms with Gasteiger partial charge in [-0.05, 0) is 25.0 Å². The molecule has 2 aliphatic rings. The first kappa shape index (κ1) is 12.4. The maximum atomic E-state index is 12.3. The Morgan fingerprint density at radius 3 is 2.74 bits per heavy atom. The molecule has 0 atom stereocenters. The van der Waals surface area contributed by atoms with Crippen molar-refractivity contribution in [3.05, 3.63) is 24.3 Å². The van der Waals surface area contributed by atoms with Crippen molar-refractivity contribution in [3.63, 3.8) is 0 Å². The summed E-state index contributed by atoms with van der Waals surface area (Å²) < 4.78 is 2.10. The summed E-state index contributed by atoms with van der Waals surface area (Å²) in [5.41, 5.74) is 7.40. The molecule has 0 bridgehead atoms. The first-order chi connectivity index (χ1) is 8.69. The van der Waals surface area contributed by atoms with Crippen LogP contribution in [0.15, 0.2) is 24.3 Å². The van der Waals surface area contributed by atoms with Crippen molar-refractivity contribution >= 4 is 35.3 Å². The number of nitrogens with two attached hydrogens (primary N) is 1. The molecule has 2 aromatic rings. The molecule has 2 N–H and O–H groups in total. The third-order valence-electron chi connectivity index (χ3n) is 3.88. The first-order valence-corrected chi connectivity index (χ1v) is 6.25. The fourth-order valence-electron chi connectivity index (χ4n) is 2.60. The lowest BCUT2D eigenvalue weighted by atomic mass is 10.2.